The Labute approximate surface area is 227 Å². The lowest BCUT2D eigenvalue weighted by Gasteiger charge is -2.29. The minimum Gasteiger partial charge on any atom is -0.507 e. The van der Waals surface area contributed by atoms with Crippen LogP contribution in [0.25, 0.3) is 5.76 Å². The first-order valence-electron chi connectivity index (χ1n) is 13.0. The first-order chi connectivity index (χ1) is 18.7. The predicted octanol–water partition coefficient (Wildman–Crippen LogP) is 3.77. The molecule has 2 aliphatic rings. The number of carbonyl (C=O) groups is 2. The van der Waals surface area contributed by atoms with Crippen molar-refractivity contribution in [3.63, 3.8) is 0 Å². The van der Waals surface area contributed by atoms with Gasteiger partial charge in [0.1, 0.15) is 5.76 Å². The highest BCUT2D eigenvalue weighted by Gasteiger charge is 2.46. The molecule has 9 nitrogen and oxygen atoms in total. The lowest BCUT2D eigenvalue weighted by atomic mass is 9.94. The van der Waals surface area contributed by atoms with Gasteiger partial charge in [0, 0.05) is 31.7 Å². The summed E-state index contributed by atoms with van der Waals surface area (Å²) in [4.78, 5) is 30.3. The molecule has 2 saturated heterocycles. The van der Waals surface area contributed by atoms with Gasteiger partial charge in [-0.15, -0.1) is 0 Å². The van der Waals surface area contributed by atoms with Crippen molar-refractivity contribution < 1.29 is 38.0 Å². The van der Waals surface area contributed by atoms with Crippen LogP contribution in [0.4, 0.5) is 4.39 Å². The molecule has 0 aromatic heterocycles. The van der Waals surface area contributed by atoms with E-state index in [1.165, 1.54) is 31.3 Å². The molecule has 0 bridgehead atoms. The van der Waals surface area contributed by atoms with Gasteiger partial charge in [-0.2, -0.15) is 0 Å². The molecule has 0 spiro atoms. The molecule has 2 aromatic carbocycles. The van der Waals surface area contributed by atoms with Gasteiger partial charge in [-0.3, -0.25) is 14.5 Å². The van der Waals surface area contributed by atoms with Crippen LogP contribution in [0.5, 0.6) is 17.2 Å². The number of benzene rings is 2. The first kappa shape index (κ1) is 28.4. The van der Waals surface area contributed by atoms with E-state index >= 15 is 0 Å². The SMILES string of the molecule is COc1ccc([C@@H]2/C(=C(\O)c3ccc(OC(C)C)c(F)c3)C(=O)C(=O)N2CCCN2CCOCC2)cc1OC. The summed E-state index contributed by atoms with van der Waals surface area (Å²) in [7, 11) is 3.00. The maximum atomic E-state index is 14.8. The molecule has 4 rings (SSSR count). The van der Waals surface area contributed by atoms with Crippen LogP contribution in [0.15, 0.2) is 42.0 Å². The van der Waals surface area contributed by atoms with E-state index in [-0.39, 0.29) is 29.5 Å². The maximum absolute atomic E-state index is 14.8. The minimum absolute atomic E-state index is 0.0292. The second-order valence-electron chi connectivity index (χ2n) is 9.73. The van der Waals surface area contributed by atoms with Crippen molar-refractivity contribution in [3.05, 3.63) is 58.9 Å². The van der Waals surface area contributed by atoms with Crippen LogP contribution in [-0.2, 0) is 14.3 Å². The third-order valence-electron chi connectivity index (χ3n) is 6.81. The quantitative estimate of drug-likeness (QED) is 0.275. The first-order valence-corrected chi connectivity index (χ1v) is 13.0. The third-order valence-corrected chi connectivity index (χ3v) is 6.81. The molecular weight excluding hydrogens is 507 g/mol. The number of Topliss-reactive ketones (excluding diaryl/α,β-unsaturated/α-hetero) is 1. The molecule has 2 aromatic rings. The summed E-state index contributed by atoms with van der Waals surface area (Å²) in [5.41, 5.74) is 0.510. The third kappa shape index (κ3) is 6.17. The summed E-state index contributed by atoms with van der Waals surface area (Å²) >= 11 is 0. The van der Waals surface area contributed by atoms with E-state index in [1.807, 2.05) is 0 Å². The van der Waals surface area contributed by atoms with Crippen LogP contribution in [-0.4, -0.2) is 86.3 Å². The van der Waals surface area contributed by atoms with E-state index in [9.17, 15) is 19.1 Å². The molecule has 2 fully saturated rings. The minimum atomic E-state index is -0.899. The van der Waals surface area contributed by atoms with Crippen LogP contribution in [0.2, 0.25) is 0 Å². The molecule has 1 amide bonds. The molecular formula is C29H35FN2O7. The van der Waals surface area contributed by atoms with Crippen molar-refractivity contribution >= 4 is 17.4 Å². The number of carbonyl (C=O) groups excluding carboxylic acids is 2. The number of aliphatic hydroxyl groups excluding tert-OH is 1. The van der Waals surface area contributed by atoms with Gasteiger partial charge in [-0.05, 0) is 56.2 Å². The molecule has 1 atom stereocenters. The fraction of sp³-hybridized carbons (Fsp3) is 0.448. The summed E-state index contributed by atoms with van der Waals surface area (Å²) in [6.07, 6.45) is 0.374. The average Bonchev–Trinajstić information content (AvgIpc) is 3.18. The number of likely N-dealkylation sites (tertiary alicyclic amines) is 1. The summed E-state index contributed by atoms with van der Waals surface area (Å²) in [5, 5.41) is 11.3. The Kier molecular flexibility index (Phi) is 9.08. The van der Waals surface area contributed by atoms with Crippen molar-refractivity contribution in [2.24, 2.45) is 0 Å². The molecule has 210 valence electrons. The lowest BCUT2D eigenvalue weighted by Crippen LogP contribution is -2.39. The van der Waals surface area contributed by atoms with E-state index < -0.39 is 29.3 Å². The number of amides is 1. The number of methoxy groups -OCH3 is 2. The van der Waals surface area contributed by atoms with E-state index in [0.29, 0.717) is 36.7 Å². The number of ketones is 1. The van der Waals surface area contributed by atoms with Gasteiger partial charge >= 0.3 is 0 Å². The number of halogens is 1. The fourth-order valence-corrected chi connectivity index (χ4v) is 4.92. The van der Waals surface area contributed by atoms with E-state index in [4.69, 9.17) is 18.9 Å². The Balaban J connectivity index is 1.73. The molecule has 0 aliphatic carbocycles. The predicted molar refractivity (Wildman–Crippen MR) is 143 cm³/mol. The molecule has 39 heavy (non-hydrogen) atoms. The average molecular weight is 543 g/mol. The van der Waals surface area contributed by atoms with Gasteiger partial charge < -0.3 is 29.0 Å². The Bertz CT molecular complexity index is 1240. The standard InChI is InChI=1S/C29H35FN2O7/c1-18(2)39-22-8-7-20(16-21(22)30)27(33)25-26(19-6-9-23(36-3)24(17-19)37-4)32(29(35)28(25)34)11-5-10-31-12-14-38-15-13-31/h6-9,16-18,26,33H,5,10-15H2,1-4H3/b27-25+/t26-/m1/s1. The van der Waals surface area contributed by atoms with Gasteiger partial charge in [0.05, 0.1) is 45.2 Å². The van der Waals surface area contributed by atoms with E-state index in [0.717, 1.165) is 25.7 Å². The van der Waals surface area contributed by atoms with E-state index in [1.54, 1.807) is 32.0 Å². The molecule has 0 unspecified atom stereocenters. The van der Waals surface area contributed by atoms with Crippen LogP contribution >= 0.6 is 0 Å². The highest BCUT2D eigenvalue weighted by Crippen LogP contribution is 2.42. The number of hydrogen-bond donors (Lipinski definition) is 1. The maximum Gasteiger partial charge on any atom is 0.295 e. The Morgan fingerprint density at radius 3 is 2.36 bits per heavy atom. The number of hydrogen-bond acceptors (Lipinski definition) is 8. The highest BCUT2D eigenvalue weighted by molar-refractivity contribution is 6.46. The van der Waals surface area contributed by atoms with Crippen LogP contribution in [0.3, 0.4) is 0 Å². The number of rotatable bonds is 10. The zero-order chi connectivity index (χ0) is 28.1. The molecule has 0 radical (unpaired) electrons. The summed E-state index contributed by atoms with van der Waals surface area (Å²) in [6.45, 7) is 7.50. The zero-order valence-corrected chi connectivity index (χ0v) is 22.7. The molecule has 1 N–H and O–H groups in total. The lowest BCUT2D eigenvalue weighted by molar-refractivity contribution is -0.140. The number of morpholine rings is 1. The zero-order valence-electron chi connectivity index (χ0n) is 22.7. The van der Waals surface area contributed by atoms with Gasteiger partial charge in [0.25, 0.3) is 11.7 Å². The van der Waals surface area contributed by atoms with Crippen molar-refractivity contribution in [1.29, 1.82) is 0 Å². The Hall–Kier alpha value is -3.63. The topological polar surface area (TPSA) is 97.8 Å². The van der Waals surface area contributed by atoms with Gasteiger partial charge in [-0.25, -0.2) is 4.39 Å². The smallest absolute Gasteiger partial charge is 0.295 e. The molecule has 2 aliphatic heterocycles. The summed E-state index contributed by atoms with van der Waals surface area (Å²) < 4.78 is 36.4. The van der Waals surface area contributed by atoms with Crippen LogP contribution < -0.4 is 14.2 Å². The number of nitrogens with zero attached hydrogens (tertiary/aromatic N) is 2. The molecule has 0 saturated carbocycles. The monoisotopic (exact) mass is 542 g/mol. The Morgan fingerprint density at radius 2 is 1.72 bits per heavy atom. The number of aliphatic hydroxyl groups is 1. The van der Waals surface area contributed by atoms with Crippen molar-refractivity contribution in [1.82, 2.24) is 9.80 Å². The Morgan fingerprint density at radius 1 is 1.03 bits per heavy atom. The fourth-order valence-electron chi connectivity index (χ4n) is 4.92. The van der Waals surface area contributed by atoms with E-state index in [2.05, 4.69) is 4.90 Å². The largest absolute Gasteiger partial charge is 0.507 e. The van der Waals surface area contributed by atoms with Crippen molar-refractivity contribution in [3.8, 4) is 17.2 Å². The normalized spacial score (nSPS) is 19.5. The molecule has 10 heteroatoms. The highest BCUT2D eigenvalue weighted by atomic mass is 19.1. The van der Waals surface area contributed by atoms with Gasteiger partial charge in [0.2, 0.25) is 0 Å². The number of ether oxygens (including phenoxy) is 4. The van der Waals surface area contributed by atoms with Crippen molar-refractivity contribution in [2.75, 3.05) is 53.6 Å². The molecule has 2 heterocycles. The van der Waals surface area contributed by atoms with Crippen molar-refractivity contribution in [2.45, 2.75) is 32.4 Å². The van der Waals surface area contributed by atoms with Crippen LogP contribution in [0.1, 0.15) is 37.4 Å². The van der Waals surface area contributed by atoms with Gasteiger partial charge in [-0.1, -0.05) is 6.07 Å². The second-order valence-corrected chi connectivity index (χ2v) is 9.73. The van der Waals surface area contributed by atoms with Crippen LogP contribution in [0, 0.1) is 5.82 Å². The van der Waals surface area contributed by atoms with Gasteiger partial charge in [0.15, 0.2) is 23.1 Å². The summed E-state index contributed by atoms with van der Waals surface area (Å²) in [6, 6.07) is 8.15. The summed E-state index contributed by atoms with van der Waals surface area (Å²) in [5.74, 6) is -1.78. The second kappa shape index (κ2) is 12.5.